The van der Waals surface area contributed by atoms with Gasteiger partial charge in [-0.1, -0.05) is 27.7 Å². The van der Waals surface area contributed by atoms with Crippen LogP contribution in [0, 0.1) is 13.8 Å². The number of hydrogen-bond acceptors (Lipinski definition) is 2. The van der Waals surface area contributed by atoms with Gasteiger partial charge in [0.15, 0.2) is 0 Å². The molecule has 0 saturated heterocycles. The summed E-state index contributed by atoms with van der Waals surface area (Å²) in [4.78, 5) is 2.81. The average molecular weight is 263 g/mol. The lowest BCUT2D eigenvalue weighted by molar-refractivity contribution is -0.649. The molecule has 0 aliphatic rings. The second kappa shape index (κ2) is 4.78. The second-order valence-corrected chi connectivity index (χ2v) is 5.71. The van der Waals surface area contributed by atoms with Crippen LogP contribution >= 0.6 is 0 Å². The Bertz CT molecular complexity index is 632. The number of nitrogens with zero attached hydrogens (tertiary/aromatic N) is 1. The molecule has 5 heteroatoms. The molecular weight excluding hydrogens is 248 g/mol. The van der Waals surface area contributed by atoms with Crippen LogP contribution in [0.5, 0.6) is 0 Å². The van der Waals surface area contributed by atoms with Crippen LogP contribution in [0.25, 0.3) is 0 Å². The van der Waals surface area contributed by atoms with Crippen molar-refractivity contribution in [3.63, 3.8) is 0 Å². The Balaban J connectivity index is 2.41. The van der Waals surface area contributed by atoms with Crippen LogP contribution in [-0.4, -0.2) is 8.42 Å². The molecule has 0 aliphatic carbocycles. The van der Waals surface area contributed by atoms with Gasteiger partial charge in [-0.2, -0.15) is 8.42 Å². The predicted molar refractivity (Wildman–Crippen MR) is 69.1 cm³/mol. The zero-order valence-corrected chi connectivity index (χ0v) is 11.1. The van der Waals surface area contributed by atoms with E-state index in [1.165, 1.54) is 0 Å². The van der Waals surface area contributed by atoms with E-state index >= 15 is 0 Å². The molecule has 0 unspecified atom stereocenters. The summed E-state index contributed by atoms with van der Waals surface area (Å²) in [5, 5.41) is 0. The molecule has 1 heterocycles. The third-order valence-electron chi connectivity index (χ3n) is 2.65. The van der Waals surface area contributed by atoms with Crippen molar-refractivity contribution in [1.82, 2.24) is 0 Å². The quantitative estimate of drug-likeness (QED) is 0.854. The minimum Gasteiger partial charge on any atom is -0.197 e. The van der Waals surface area contributed by atoms with Crippen LogP contribution < -0.4 is 9.51 Å². The Labute approximate surface area is 107 Å². The highest BCUT2D eigenvalue weighted by molar-refractivity contribution is 7.92. The van der Waals surface area contributed by atoms with E-state index < -0.39 is 10.0 Å². The van der Waals surface area contributed by atoms with Crippen molar-refractivity contribution in [3.8, 4) is 0 Å². The van der Waals surface area contributed by atoms with Crippen LogP contribution in [0.3, 0.4) is 0 Å². The molecule has 0 amide bonds. The van der Waals surface area contributed by atoms with Gasteiger partial charge < -0.3 is 0 Å². The van der Waals surface area contributed by atoms with Gasteiger partial charge in [0, 0.05) is 26.0 Å². The lowest BCUT2D eigenvalue weighted by Crippen LogP contribution is -2.52. The molecule has 0 atom stereocenters. The van der Waals surface area contributed by atoms with E-state index in [1.54, 1.807) is 35.0 Å². The number of benzene rings is 1. The van der Waals surface area contributed by atoms with Crippen molar-refractivity contribution >= 4 is 10.0 Å². The van der Waals surface area contributed by atoms with Gasteiger partial charge in [-0.25, -0.2) is 0 Å². The fourth-order valence-electron chi connectivity index (χ4n) is 1.67. The van der Waals surface area contributed by atoms with Crippen molar-refractivity contribution in [3.05, 3.63) is 59.9 Å². The van der Waals surface area contributed by atoms with E-state index in [2.05, 4.69) is 4.83 Å². The van der Waals surface area contributed by atoms with E-state index in [0.717, 1.165) is 11.4 Å². The minimum atomic E-state index is -3.55. The fourth-order valence-corrected chi connectivity index (χ4v) is 2.82. The molecule has 1 aromatic carbocycles. The first kappa shape index (κ1) is 12.6. The molecule has 0 spiro atoms. The van der Waals surface area contributed by atoms with Gasteiger partial charge in [0.2, 0.25) is 11.4 Å². The van der Waals surface area contributed by atoms with Gasteiger partial charge in [0.05, 0.1) is 4.90 Å². The first-order valence-corrected chi connectivity index (χ1v) is 7.05. The Kier molecular flexibility index (Phi) is 3.34. The summed E-state index contributed by atoms with van der Waals surface area (Å²) in [5.41, 5.74) is 1.66. The van der Waals surface area contributed by atoms with Crippen molar-refractivity contribution < 1.29 is 13.1 Å². The third-order valence-corrected chi connectivity index (χ3v) is 3.96. The van der Waals surface area contributed by atoms with E-state index in [-0.39, 0.29) is 4.90 Å². The average Bonchev–Trinajstić information content (AvgIpc) is 2.35. The molecule has 0 fully saturated rings. The molecule has 94 valence electrons. The highest BCUT2D eigenvalue weighted by Gasteiger charge is 2.21. The fraction of sp³-hybridized carbons (Fsp3) is 0.154. The predicted octanol–water partition coefficient (Wildman–Crippen LogP) is 1.52. The monoisotopic (exact) mass is 263 g/mol. The zero-order chi connectivity index (χ0) is 13.2. The minimum absolute atomic E-state index is 0.250. The van der Waals surface area contributed by atoms with Crippen LogP contribution in [0.4, 0.5) is 0 Å². The molecule has 2 aromatic rings. The van der Waals surface area contributed by atoms with E-state index in [9.17, 15) is 8.42 Å². The smallest absolute Gasteiger partial charge is 0.197 e. The Morgan fingerprint density at radius 1 is 0.889 bits per heavy atom. The molecule has 0 aliphatic heterocycles. The Morgan fingerprint density at radius 2 is 1.44 bits per heavy atom. The molecule has 2 rings (SSSR count). The van der Waals surface area contributed by atoms with Gasteiger partial charge in [-0.3, -0.25) is 0 Å². The summed E-state index contributed by atoms with van der Waals surface area (Å²) in [5.74, 6) is 0. The van der Waals surface area contributed by atoms with Crippen LogP contribution in [0.2, 0.25) is 0 Å². The summed E-state index contributed by atoms with van der Waals surface area (Å²) < 4.78 is 25.9. The van der Waals surface area contributed by atoms with E-state index in [0.29, 0.717) is 0 Å². The van der Waals surface area contributed by atoms with Gasteiger partial charge in [0.1, 0.15) is 0 Å². The van der Waals surface area contributed by atoms with Crippen LogP contribution in [-0.2, 0) is 10.0 Å². The van der Waals surface area contributed by atoms with E-state index in [4.69, 9.17) is 0 Å². The van der Waals surface area contributed by atoms with Gasteiger partial charge in [-0.15, -0.1) is 0 Å². The lowest BCUT2D eigenvalue weighted by Gasteiger charge is -2.06. The summed E-state index contributed by atoms with van der Waals surface area (Å²) in [6.07, 6.45) is 0. The SMILES string of the molecule is Cc1cccc(C)[n+]1NS(=O)(=O)c1ccccc1. The lowest BCUT2D eigenvalue weighted by atomic mass is 10.3. The topological polar surface area (TPSA) is 50.1 Å². The van der Waals surface area contributed by atoms with Gasteiger partial charge in [0.25, 0.3) is 0 Å². The zero-order valence-electron chi connectivity index (χ0n) is 10.3. The maximum absolute atomic E-state index is 12.2. The third kappa shape index (κ3) is 2.51. The standard InChI is InChI=1S/C13H15N2O2S/c1-11-7-6-8-12(2)15(11)14-18(16,17)13-9-4-3-5-10-13/h3-10,14H,1-2H3/q+1. The molecule has 1 aromatic heterocycles. The highest BCUT2D eigenvalue weighted by Crippen LogP contribution is 2.07. The number of aryl methyl sites for hydroxylation is 2. The van der Waals surface area contributed by atoms with Crippen LogP contribution in [0.1, 0.15) is 11.4 Å². The Morgan fingerprint density at radius 3 is 2.00 bits per heavy atom. The number of nitrogens with one attached hydrogen (secondary N) is 1. The summed E-state index contributed by atoms with van der Waals surface area (Å²) in [6.45, 7) is 3.70. The molecule has 1 N–H and O–H groups in total. The molecule has 0 saturated carbocycles. The first-order valence-electron chi connectivity index (χ1n) is 5.57. The normalized spacial score (nSPS) is 11.2. The maximum atomic E-state index is 12.2. The first-order chi connectivity index (χ1) is 8.50. The number of aromatic nitrogens is 1. The largest absolute Gasteiger partial charge is 0.306 e. The van der Waals surface area contributed by atoms with Crippen molar-refractivity contribution in [1.29, 1.82) is 0 Å². The number of hydrogen-bond donors (Lipinski definition) is 1. The van der Waals surface area contributed by atoms with Crippen molar-refractivity contribution in [2.45, 2.75) is 18.7 Å². The highest BCUT2D eigenvalue weighted by atomic mass is 32.2. The number of sulfonamides is 1. The second-order valence-electron chi connectivity index (χ2n) is 4.05. The molecule has 4 nitrogen and oxygen atoms in total. The number of rotatable bonds is 3. The number of pyridine rings is 1. The van der Waals surface area contributed by atoms with Crippen LogP contribution in [0.15, 0.2) is 53.4 Å². The van der Waals surface area contributed by atoms with Crippen molar-refractivity contribution in [2.24, 2.45) is 0 Å². The molecule has 18 heavy (non-hydrogen) atoms. The summed E-state index contributed by atoms with van der Waals surface area (Å²) in [6, 6.07) is 13.9. The van der Waals surface area contributed by atoms with E-state index in [1.807, 2.05) is 32.0 Å². The summed E-state index contributed by atoms with van der Waals surface area (Å²) in [7, 11) is -3.55. The Hall–Kier alpha value is -1.88. The molecular formula is C13H15N2O2S+. The molecule has 0 bridgehead atoms. The maximum Gasteiger partial charge on any atom is 0.306 e. The van der Waals surface area contributed by atoms with Crippen molar-refractivity contribution in [2.75, 3.05) is 4.83 Å². The molecule has 0 radical (unpaired) electrons. The van der Waals surface area contributed by atoms with Gasteiger partial charge >= 0.3 is 10.0 Å². The summed E-state index contributed by atoms with van der Waals surface area (Å²) >= 11 is 0. The van der Waals surface area contributed by atoms with Gasteiger partial charge in [-0.05, 0) is 18.2 Å².